The number of likely N-dealkylation sites (tertiary alicyclic amines) is 1. The van der Waals surface area contributed by atoms with Gasteiger partial charge < -0.3 is 10.6 Å². The van der Waals surface area contributed by atoms with Gasteiger partial charge in [-0.25, -0.2) is 0 Å². The molecule has 110 valence electrons. The van der Waals surface area contributed by atoms with Crippen molar-refractivity contribution in [3.63, 3.8) is 0 Å². The van der Waals surface area contributed by atoms with Gasteiger partial charge >= 0.3 is 0 Å². The van der Waals surface area contributed by atoms with Crippen LogP contribution in [0, 0.1) is 5.92 Å². The number of hydrogen-bond donors (Lipinski definition) is 1. The van der Waals surface area contributed by atoms with Gasteiger partial charge in [-0.2, -0.15) is 0 Å². The minimum atomic E-state index is 0.565. The molecule has 2 atom stereocenters. The largest absolute Gasteiger partial charge is 0.374 e. The summed E-state index contributed by atoms with van der Waals surface area (Å²) in [5.41, 5.74) is 10.3. The van der Waals surface area contributed by atoms with E-state index in [0.717, 1.165) is 25.6 Å². The highest BCUT2D eigenvalue weighted by atomic mass is 15.2. The molecule has 2 aliphatic rings. The van der Waals surface area contributed by atoms with E-state index in [1.807, 2.05) is 0 Å². The van der Waals surface area contributed by atoms with Crippen molar-refractivity contribution < 1.29 is 0 Å². The van der Waals surface area contributed by atoms with Crippen LogP contribution < -0.4 is 10.6 Å². The van der Waals surface area contributed by atoms with Crippen LogP contribution in [0.2, 0.25) is 0 Å². The van der Waals surface area contributed by atoms with Crippen molar-refractivity contribution in [2.75, 3.05) is 31.6 Å². The van der Waals surface area contributed by atoms with E-state index in [1.54, 1.807) is 0 Å². The number of nitrogens with two attached hydrogens (primary N) is 1. The first kappa shape index (κ1) is 13.9. The molecule has 1 aromatic carbocycles. The number of piperidine rings is 1. The first-order valence-electron chi connectivity index (χ1n) is 7.94. The molecule has 2 N–H and O–H groups in total. The van der Waals surface area contributed by atoms with Crippen LogP contribution in [0.25, 0.3) is 0 Å². The average molecular weight is 273 g/mol. The molecule has 3 heteroatoms. The first-order chi connectivity index (χ1) is 9.67. The van der Waals surface area contributed by atoms with Crippen LogP contribution in [0.3, 0.4) is 0 Å². The van der Waals surface area contributed by atoms with Crippen LogP contribution in [0.1, 0.15) is 30.9 Å². The molecule has 3 nitrogen and oxygen atoms in total. The minimum Gasteiger partial charge on any atom is -0.374 e. The molecular formula is C17H27N3. The van der Waals surface area contributed by atoms with E-state index in [2.05, 4.69) is 42.0 Å². The zero-order valence-corrected chi connectivity index (χ0v) is 12.8. The zero-order valence-electron chi connectivity index (χ0n) is 12.8. The molecule has 2 heterocycles. The quantitative estimate of drug-likeness (QED) is 0.917. The molecular weight excluding hydrogens is 246 g/mol. The fourth-order valence-corrected chi connectivity index (χ4v) is 3.71. The fraction of sp³-hybridized carbons (Fsp3) is 0.647. The number of anilines is 1. The Kier molecular flexibility index (Phi) is 3.99. The van der Waals surface area contributed by atoms with Crippen molar-refractivity contribution in [1.82, 2.24) is 4.90 Å². The lowest BCUT2D eigenvalue weighted by Crippen LogP contribution is -2.45. The molecule has 1 aromatic rings. The summed E-state index contributed by atoms with van der Waals surface area (Å²) in [6.07, 6.45) is 3.76. The summed E-state index contributed by atoms with van der Waals surface area (Å²) in [6, 6.07) is 7.56. The molecule has 0 saturated carbocycles. The Morgan fingerprint density at radius 3 is 2.95 bits per heavy atom. The lowest BCUT2D eigenvalue weighted by atomic mass is 9.92. The molecule has 0 aromatic heterocycles. The van der Waals surface area contributed by atoms with E-state index in [4.69, 9.17) is 5.73 Å². The Balaban J connectivity index is 1.71. The van der Waals surface area contributed by atoms with Crippen LogP contribution in [0.4, 0.5) is 5.69 Å². The highest BCUT2D eigenvalue weighted by Crippen LogP contribution is 2.29. The summed E-state index contributed by atoms with van der Waals surface area (Å²) in [5.74, 6) is 0.827. The Labute approximate surface area is 122 Å². The van der Waals surface area contributed by atoms with Crippen molar-refractivity contribution in [2.45, 2.75) is 38.8 Å². The number of hydrogen-bond acceptors (Lipinski definition) is 3. The predicted octanol–water partition coefficient (Wildman–Crippen LogP) is 2.24. The van der Waals surface area contributed by atoms with Crippen molar-refractivity contribution in [3.05, 3.63) is 29.3 Å². The second-order valence-electron chi connectivity index (χ2n) is 6.62. The Morgan fingerprint density at radius 1 is 1.30 bits per heavy atom. The summed E-state index contributed by atoms with van der Waals surface area (Å²) in [4.78, 5) is 4.94. The molecule has 0 radical (unpaired) electrons. The van der Waals surface area contributed by atoms with Gasteiger partial charge in [0.25, 0.3) is 0 Å². The second-order valence-corrected chi connectivity index (χ2v) is 6.62. The Bertz CT molecular complexity index is 471. The van der Waals surface area contributed by atoms with Crippen LogP contribution in [-0.2, 0) is 13.0 Å². The van der Waals surface area contributed by atoms with Gasteiger partial charge in [0.05, 0.1) is 0 Å². The van der Waals surface area contributed by atoms with E-state index < -0.39 is 0 Å². The smallest absolute Gasteiger partial charge is 0.0397 e. The third-order valence-corrected chi connectivity index (χ3v) is 5.03. The number of rotatable bonds is 3. The van der Waals surface area contributed by atoms with E-state index in [1.165, 1.54) is 42.6 Å². The summed E-state index contributed by atoms with van der Waals surface area (Å²) >= 11 is 0. The molecule has 3 rings (SSSR count). The third-order valence-electron chi connectivity index (χ3n) is 5.03. The van der Waals surface area contributed by atoms with Gasteiger partial charge in [-0.3, -0.25) is 4.90 Å². The maximum atomic E-state index is 5.97. The van der Waals surface area contributed by atoms with Gasteiger partial charge in [0, 0.05) is 38.4 Å². The third kappa shape index (κ3) is 2.70. The normalized spacial score (nSPS) is 26.9. The molecule has 2 aliphatic heterocycles. The van der Waals surface area contributed by atoms with Gasteiger partial charge in [-0.15, -0.1) is 0 Å². The number of fused-ring (bicyclic) bond motifs is 1. The van der Waals surface area contributed by atoms with Gasteiger partial charge in [0.2, 0.25) is 0 Å². The standard InChI is InChI=1S/C17H27N3/c1-13-5-8-20(16(9-13)11-18)12-14-3-4-17-15(10-14)6-7-19(17)2/h3-4,10,13,16H,5-9,11-12,18H2,1-2H3. The number of likely N-dealkylation sites (N-methyl/N-ethyl adjacent to an activating group) is 1. The predicted molar refractivity (Wildman–Crippen MR) is 85.1 cm³/mol. The number of benzene rings is 1. The van der Waals surface area contributed by atoms with Crippen molar-refractivity contribution >= 4 is 5.69 Å². The summed E-state index contributed by atoms with van der Waals surface area (Å²) in [7, 11) is 2.18. The van der Waals surface area contributed by atoms with Crippen molar-refractivity contribution in [2.24, 2.45) is 11.7 Å². The summed E-state index contributed by atoms with van der Waals surface area (Å²) in [5, 5.41) is 0. The fourth-order valence-electron chi connectivity index (χ4n) is 3.71. The Hall–Kier alpha value is -1.06. The van der Waals surface area contributed by atoms with E-state index >= 15 is 0 Å². The molecule has 1 fully saturated rings. The van der Waals surface area contributed by atoms with Crippen LogP contribution in [0.15, 0.2) is 18.2 Å². The van der Waals surface area contributed by atoms with E-state index in [-0.39, 0.29) is 0 Å². The highest BCUT2D eigenvalue weighted by Gasteiger charge is 2.25. The highest BCUT2D eigenvalue weighted by molar-refractivity contribution is 5.58. The van der Waals surface area contributed by atoms with E-state index in [0.29, 0.717) is 6.04 Å². The van der Waals surface area contributed by atoms with Crippen molar-refractivity contribution in [1.29, 1.82) is 0 Å². The maximum Gasteiger partial charge on any atom is 0.0397 e. The number of nitrogens with zero attached hydrogens (tertiary/aromatic N) is 2. The molecule has 0 bridgehead atoms. The monoisotopic (exact) mass is 273 g/mol. The van der Waals surface area contributed by atoms with Crippen LogP contribution >= 0.6 is 0 Å². The molecule has 2 unspecified atom stereocenters. The molecule has 0 aliphatic carbocycles. The van der Waals surface area contributed by atoms with Gasteiger partial charge in [0.15, 0.2) is 0 Å². The zero-order chi connectivity index (χ0) is 14.1. The lowest BCUT2D eigenvalue weighted by molar-refractivity contribution is 0.115. The summed E-state index contributed by atoms with van der Waals surface area (Å²) in [6.45, 7) is 6.56. The van der Waals surface area contributed by atoms with E-state index in [9.17, 15) is 0 Å². The Morgan fingerprint density at radius 2 is 2.15 bits per heavy atom. The van der Waals surface area contributed by atoms with Gasteiger partial charge in [-0.1, -0.05) is 19.1 Å². The molecule has 1 saturated heterocycles. The van der Waals surface area contributed by atoms with Gasteiger partial charge in [0.1, 0.15) is 0 Å². The molecule has 0 spiro atoms. The SMILES string of the molecule is CC1CCN(Cc2ccc3c(c2)CCN3C)C(CN)C1. The molecule has 0 amide bonds. The van der Waals surface area contributed by atoms with Gasteiger partial charge in [-0.05, 0) is 48.9 Å². The summed E-state index contributed by atoms with van der Waals surface area (Å²) < 4.78 is 0. The van der Waals surface area contributed by atoms with Crippen LogP contribution in [0.5, 0.6) is 0 Å². The molecule has 20 heavy (non-hydrogen) atoms. The minimum absolute atomic E-state index is 0.565. The topological polar surface area (TPSA) is 32.5 Å². The van der Waals surface area contributed by atoms with Crippen molar-refractivity contribution in [3.8, 4) is 0 Å². The van der Waals surface area contributed by atoms with Crippen LogP contribution in [-0.4, -0.2) is 37.6 Å². The lowest BCUT2D eigenvalue weighted by Gasteiger charge is -2.38. The first-order valence-corrected chi connectivity index (χ1v) is 7.94. The second kappa shape index (κ2) is 5.74. The maximum absolute atomic E-state index is 5.97. The average Bonchev–Trinajstić information content (AvgIpc) is 2.82.